The minimum atomic E-state index is -0.370. The molecule has 6 nitrogen and oxygen atoms in total. The first-order chi connectivity index (χ1) is 13.7. The van der Waals surface area contributed by atoms with Gasteiger partial charge in [-0.25, -0.2) is 9.97 Å². The van der Waals surface area contributed by atoms with Gasteiger partial charge >= 0.3 is 0 Å². The van der Waals surface area contributed by atoms with Crippen LogP contribution in [0.5, 0.6) is 5.75 Å². The summed E-state index contributed by atoms with van der Waals surface area (Å²) in [7, 11) is 1.62. The Morgan fingerprint density at radius 2 is 1.93 bits per heavy atom. The summed E-state index contributed by atoms with van der Waals surface area (Å²) in [6.07, 6.45) is 1.27. The van der Waals surface area contributed by atoms with Crippen LogP contribution in [0.3, 0.4) is 0 Å². The average molecular weight is 391 g/mol. The topological polar surface area (TPSA) is 77.2 Å². The van der Waals surface area contributed by atoms with E-state index in [9.17, 15) is 4.79 Å². The van der Waals surface area contributed by atoms with Gasteiger partial charge in [0, 0.05) is 16.5 Å². The van der Waals surface area contributed by atoms with Crippen LogP contribution in [0.2, 0.25) is 0 Å². The van der Waals surface area contributed by atoms with Crippen molar-refractivity contribution in [3.05, 3.63) is 71.6 Å². The summed E-state index contributed by atoms with van der Waals surface area (Å²) in [5.41, 5.74) is 3.74. The van der Waals surface area contributed by atoms with Crippen LogP contribution >= 0.6 is 11.3 Å². The standard InChI is InChI=1S/C21H17N3O3S/c1-13-7-9-14(10-8-13)19-18(22-12-27-19)20(25)24-21-23-16(11-28-21)15-5-3-4-6-17(15)26-2/h3-12H,1-2H3,(H,23,24,25). The van der Waals surface area contributed by atoms with E-state index in [0.717, 1.165) is 28.1 Å². The number of aryl methyl sites for hydroxylation is 1. The minimum absolute atomic E-state index is 0.220. The van der Waals surface area contributed by atoms with Crippen LogP contribution in [0.4, 0.5) is 5.13 Å². The van der Waals surface area contributed by atoms with Gasteiger partial charge in [0.15, 0.2) is 23.0 Å². The van der Waals surface area contributed by atoms with E-state index in [-0.39, 0.29) is 11.6 Å². The maximum Gasteiger partial charge on any atom is 0.280 e. The Hall–Kier alpha value is -3.45. The molecule has 0 saturated heterocycles. The first-order valence-electron chi connectivity index (χ1n) is 8.56. The normalized spacial score (nSPS) is 10.6. The molecule has 4 rings (SSSR count). The number of aromatic nitrogens is 2. The predicted octanol–water partition coefficient (Wildman–Crippen LogP) is 5.03. The fourth-order valence-electron chi connectivity index (χ4n) is 2.79. The highest BCUT2D eigenvalue weighted by Gasteiger charge is 2.20. The molecule has 0 aliphatic heterocycles. The SMILES string of the molecule is COc1ccccc1-c1csc(NC(=O)c2ncoc2-c2ccc(C)cc2)n1. The second-order valence-corrected chi connectivity index (χ2v) is 6.95. The van der Waals surface area contributed by atoms with Gasteiger partial charge in [-0.1, -0.05) is 42.0 Å². The van der Waals surface area contributed by atoms with E-state index in [1.807, 2.05) is 60.8 Å². The van der Waals surface area contributed by atoms with Gasteiger partial charge in [-0.15, -0.1) is 11.3 Å². The van der Waals surface area contributed by atoms with E-state index in [0.29, 0.717) is 10.9 Å². The number of hydrogen-bond acceptors (Lipinski definition) is 6. The number of rotatable bonds is 5. The van der Waals surface area contributed by atoms with Gasteiger partial charge in [-0.3, -0.25) is 10.1 Å². The molecule has 0 saturated carbocycles. The number of carbonyl (C=O) groups excluding carboxylic acids is 1. The highest BCUT2D eigenvalue weighted by atomic mass is 32.1. The molecule has 1 amide bonds. The third-order valence-electron chi connectivity index (χ3n) is 4.20. The molecule has 0 atom stereocenters. The van der Waals surface area contributed by atoms with Crippen molar-refractivity contribution in [3.63, 3.8) is 0 Å². The number of hydrogen-bond donors (Lipinski definition) is 1. The molecule has 0 aliphatic rings. The molecule has 0 bridgehead atoms. The first-order valence-corrected chi connectivity index (χ1v) is 9.44. The van der Waals surface area contributed by atoms with E-state index in [1.165, 1.54) is 17.7 Å². The Kier molecular flexibility index (Phi) is 4.90. The smallest absolute Gasteiger partial charge is 0.280 e. The summed E-state index contributed by atoms with van der Waals surface area (Å²) >= 11 is 1.34. The molecule has 7 heteroatoms. The summed E-state index contributed by atoms with van der Waals surface area (Å²) < 4.78 is 10.8. The third-order valence-corrected chi connectivity index (χ3v) is 4.96. The predicted molar refractivity (Wildman–Crippen MR) is 109 cm³/mol. The average Bonchev–Trinajstić information content (AvgIpc) is 3.38. The summed E-state index contributed by atoms with van der Waals surface area (Å²) in [4.78, 5) is 21.3. The highest BCUT2D eigenvalue weighted by Crippen LogP contribution is 2.32. The lowest BCUT2D eigenvalue weighted by Crippen LogP contribution is -2.13. The second-order valence-electron chi connectivity index (χ2n) is 6.09. The number of thiazole rings is 1. The summed E-state index contributed by atoms with van der Waals surface area (Å²) in [6.45, 7) is 2.00. The number of benzene rings is 2. The Balaban J connectivity index is 1.57. The number of methoxy groups -OCH3 is 1. The first kappa shape index (κ1) is 17.9. The number of amides is 1. The zero-order chi connectivity index (χ0) is 19.5. The maximum atomic E-state index is 12.7. The zero-order valence-corrected chi connectivity index (χ0v) is 16.1. The monoisotopic (exact) mass is 391 g/mol. The molecular formula is C21H17N3O3S. The van der Waals surface area contributed by atoms with Crippen LogP contribution in [0.15, 0.2) is 64.7 Å². The second kappa shape index (κ2) is 7.66. The molecule has 2 aromatic heterocycles. The van der Waals surface area contributed by atoms with Crippen molar-refractivity contribution in [2.24, 2.45) is 0 Å². The van der Waals surface area contributed by atoms with Crippen LogP contribution in [-0.2, 0) is 0 Å². The largest absolute Gasteiger partial charge is 0.496 e. The zero-order valence-electron chi connectivity index (χ0n) is 15.3. The molecule has 0 radical (unpaired) electrons. The van der Waals surface area contributed by atoms with Crippen molar-refractivity contribution >= 4 is 22.4 Å². The molecule has 28 heavy (non-hydrogen) atoms. The summed E-state index contributed by atoms with van der Waals surface area (Å²) in [5.74, 6) is 0.785. The van der Waals surface area contributed by atoms with Crippen molar-refractivity contribution in [1.29, 1.82) is 0 Å². The molecule has 1 N–H and O–H groups in total. The molecule has 140 valence electrons. The number of nitrogens with zero attached hydrogens (tertiary/aromatic N) is 2. The molecule has 0 unspecified atom stereocenters. The van der Waals surface area contributed by atoms with Gasteiger partial charge in [0.25, 0.3) is 5.91 Å². The van der Waals surface area contributed by atoms with Gasteiger partial charge in [0.1, 0.15) is 5.75 Å². The Bertz CT molecular complexity index is 1120. The lowest BCUT2D eigenvalue weighted by molar-refractivity contribution is 0.102. The molecule has 0 aliphatic carbocycles. The van der Waals surface area contributed by atoms with Crippen molar-refractivity contribution in [1.82, 2.24) is 9.97 Å². The number of para-hydroxylation sites is 1. The molecule has 4 aromatic rings. The molecule has 2 aromatic carbocycles. The van der Waals surface area contributed by atoms with E-state index in [1.54, 1.807) is 7.11 Å². The van der Waals surface area contributed by atoms with Gasteiger partial charge in [0.2, 0.25) is 0 Å². The molecule has 0 fully saturated rings. The van der Waals surface area contributed by atoms with Gasteiger partial charge in [0.05, 0.1) is 12.8 Å². The molecule has 2 heterocycles. The Morgan fingerprint density at radius 1 is 1.14 bits per heavy atom. The fourth-order valence-corrected chi connectivity index (χ4v) is 3.49. The van der Waals surface area contributed by atoms with E-state index in [2.05, 4.69) is 15.3 Å². The summed E-state index contributed by atoms with van der Waals surface area (Å²) in [5, 5.41) is 5.15. The number of anilines is 1. The van der Waals surface area contributed by atoms with Crippen LogP contribution in [0, 0.1) is 6.92 Å². The van der Waals surface area contributed by atoms with Crippen LogP contribution in [0.1, 0.15) is 16.1 Å². The number of nitrogens with one attached hydrogen (secondary N) is 1. The van der Waals surface area contributed by atoms with Crippen LogP contribution in [-0.4, -0.2) is 23.0 Å². The van der Waals surface area contributed by atoms with Crippen LogP contribution < -0.4 is 10.1 Å². The van der Waals surface area contributed by atoms with E-state index < -0.39 is 0 Å². The van der Waals surface area contributed by atoms with Crippen molar-refractivity contribution in [2.75, 3.05) is 12.4 Å². The Labute approximate surface area is 165 Å². The van der Waals surface area contributed by atoms with Gasteiger partial charge in [-0.05, 0) is 19.1 Å². The maximum absolute atomic E-state index is 12.7. The lowest BCUT2D eigenvalue weighted by Gasteiger charge is -2.05. The number of oxazole rings is 1. The van der Waals surface area contributed by atoms with Gasteiger partial charge < -0.3 is 9.15 Å². The third kappa shape index (κ3) is 3.52. The summed E-state index contributed by atoms with van der Waals surface area (Å²) in [6, 6.07) is 15.3. The fraction of sp³-hybridized carbons (Fsp3) is 0.0952. The lowest BCUT2D eigenvalue weighted by atomic mass is 10.1. The van der Waals surface area contributed by atoms with E-state index >= 15 is 0 Å². The van der Waals surface area contributed by atoms with E-state index in [4.69, 9.17) is 9.15 Å². The van der Waals surface area contributed by atoms with Crippen LogP contribution in [0.25, 0.3) is 22.6 Å². The van der Waals surface area contributed by atoms with Crippen molar-refractivity contribution < 1.29 is 13.9 Å². The molecular weight excluding hydrogens is 374 g/mol. The molecule has 0 spiro atoms. The van der Waals surface area contributed by atoms with Crippen molar-refractivity contribution in [3.8, 4) is 28.3 Å². The van der Waals surface area contributed by atoms with Gasteiger partial charge in [-0.2, -0.15) is 0 Å². The number of ether oxygens (including phenoxy) is 1. The number of carbonyl (C=O) groups is 1. The minimum Gasteiger partial charge on any atom is -0.496 e. The van der Waals surface area contributed by atoms with Crippen molar-refractivity contribution in [2.45, 2.75) is 6.92 Å². The Morgan fingerprint density at radius 3 is 2.71 bits per heavy atom. The highest BCUT2D eigenvalue weighted by molar-refractivity contribution is 7.14. The quantitative estimate of drug-likeness (QED) is 0.516.